The molecule has 0 radical (unpaired) electrons. The molecule has 4 heteroatoms. The number of hydrogen-bond donors (Lipinski definition) is 2. The summed E-state index contributed by atoms with van der Waals surface area (Å²) in [4.78, 5) is 0. The van der Waals surface area contributed by atoms with Crippen LogP contribution in [0.2, 0.25) is 5.02 Å². The van der Waals surface area contributed by atoms with Gasteiger partial charge in [-0.2, -0.15) is 0 Å². The molecule has 0 spiro atoms. The third kappa shape index (κ3) is 3.12. The topological polar surface area (TPSA) is 55.5 Å². The smallest absolute Gasteiger partial charge is 0.124 e. The van der Waals surface area contributed by atoms with E-state index >= 15 is 0 Å². The van der Waals surface area contributed by atoms with Crippen LogP contribution in [0, 0.1) is 12.8 Å². The minimum atomic E-state index is -0.266. The number of halogens is 1. The Balaban J connectivity index is 3.15. The van der Waals surface area contributed by atoms with Gasteiger partial charge in [-0.05, 0) is 31.0 Å². The zero-order valence-electron chi connectivity index (χ0n) is 10.5. The quantitative estimate of drug-likeness (QED) is 0.853. The molecule has 0 aliphatic rings. The fourth-order valence-electron chi connectivity index (χ4n) is 1.86. The maximum atomic E-state index is 9.29. The van der Waals surface area contributed by atoms with Gasteiger partial charge in [-0.15, -0.1) is 0 Å². The van der Waals surface area contributed by atoms with Crippen LogP contribution in [0.25, 0.3) is 0 Å². The normalized spacial score (nSPS) is 14.5. The van der Waals surface area contributed by atoms with Crippen molar-refractivity contribution in [2.24, 2.45) is 11.7 Å². The minimum absolute atomic E-state index is 0.0164. The fourth-order valence-corrected chi connectivity index (χ4v) is 2.03. The third-order valence-electron chi connectivity index (χ3n) is 3.14. The molecule has 1 rings (SSSR count). The van der Waals surface area contributed by atoms with Crippen molar-refractivity contribution in [2.45, 2.75) is 26.3 Å². The molecular weight excluding hydrogens is 238 g/mol. The molecule has 0 fully saturated rings. The summed E-state index contributed by atoms with van der Waals surface area (Å²) in [5.74, 6) is 0.744. The lowest BCUT2D eigenvalue weighted by molar-refractivity contribution is 0.199. The van der Waals surface area contributed by atoms with Crippen LogP contribution in [0.1, 0.15) is 30.5 Å². The van der Waals surface area contributed by atoms with Crippen LogP contribution in [0.5, 0.6) is 5.75 Å². The second-order valence-electron chi connectivity index (χ2n) is 4.22. The molecule has 0 bridgehead atoms. The molecule has 96 valence electrons. The maximum Gasteiger partial charge on any atom is 0.124 e. The summed E-state index contributed by atoms with van der Waals surface area (Å²) in [6, 6.07) is 3.44. The highest BCUT2D eigenvalue weighted by Gasteiger charge is 2.21. The Morgan fingerprint density at radius 1 is 1.47 bits per heavy atom. The highest BCUT2D eigenvalue weighted by atomic mass is 35.5. The lowest BCUT2D eigenvalue weighted by Crippen LogP contribution is -2.24. The Morgan fingerprint density at radius 3 is 2.59 bits per heavy atom. The number of aliphatic hydroxyl groups excluding tert-OH is 1. The van der Waals surface area contributed by atoms with Crippen LogP contribution in [0.4, 0.5) is 0 Å². The Kier molecular flexibility index (Phi) is 5.25. The molecule has 0 heterocycles. The molecule has 0 aromatic heterocycles. The van der Waals surface area contributed by atoms with Crippen LogP contribution in [-0.4, -0.2) is 18.8 Å². The molecule has 3 nitrogen and oxygen atoms in total. The average Bonchev–Trinajstić information content (AvgIpc) is 2.33. The number of methoxy groups -OCH3 is 1. The number of ether oxygens (including phenoxy) is 1. The molecular formula is C13H20ClNO2. The SMILES string of the molecule is CCC(CO)C(N)c1cc(Cl)c(C)cc1OC. The van der Waals surface area contributed by atoms with Crippen molar-refractivity contribution >= 4 is 11.6 Å². The first-order valence-corrected chi connectivity index (χ1v) is 6.13. The van der Waals surface area contributed by atoms with Crippen LogP contribution in [-0.2, 0) is 0 Å². The number of rotatable bonds is 5. The molecule has 2 atom stereocenters. The van der Waals surface area contributed by atoms with Crippen molar-refractivity contribution in [3.05, 3.63) is 28.3 Å². The van der Waals surface area contributed by atoms with Crippen molar-refractivity contribution in [2.75, 3.05) is 13.7 Å². The predicted octanol–water partition coefficient (Wildman–Crippen LogP) is 2.68. The third-order valence-corrected chi connectivity index (χ3v) is 3.54. The number of aryl methyl sites for hydroxylation is 1. The molecule has 0 amide bonds. The molecule has 0 aliphatic carbocycles. The van der Waals surface area contributed by atoms with E-state index in [1.807, 2.05) is 26.0 Å². The van der Waals surface area contributed by atoms with Crippen LogP contribution < -0.4 is 10.5 Å². The van der Waals surface area contributed by atoms with Crippen LogP contribution in [0.3, 0.4) is 0 Å². The van der Waals surface area contributed by atoms with Gasteiger partial charge in [-0.3, -0.25) is 0 Å². The first kappa shape index (κ1) is 14.3. The van der Waals surface area contributed by atoms with Gasteiger partial charge < -0.3 is 15.6 Å². The summed E-state index contributed by atoms with van der Waals surface area (Å²) >= 11 is 6.10. The van der Waals surface area contributed by atoms with E-state index in [0.29, 0.717) is 5.02 Å². The molecule has 17 heavy (non-hydrogen) atoms. The number of nitrogens with two attached hydrogens (primary N) is 1. The minimum Gasteiger partial charge on any atom is -0.496 e. The number of hydrogen-bond acceptors (Lipinski definition) is 3. The molecule has 2 unspecified atom stereocenters. The summed E-state index contributed by atoms with van der Waals surface area (Å²) in [6.45, 7) is 3.98. The molecule has 0 saturated carbocycles. The molecule has 0 aliphatic heterocycles. The van der Waals surface area contributed by atoms with Gasteiger partial charge in [0.05, 0.1) is 7.11 Å². The van der Waals surface area contributed by atoms with Gasteiger partial charge in [-0.25, -0.2) is 0 Å². The monoisotopic (exact) mass is 257 g/mol. The molecule has 1 aromatic carbocycles. The molecule has 3 N–H and O–H groups in total. The van der Waals surface area contributed by atoms with Gasteiger partial charge in [0.1, 0.15) is 5.75 Å². The van der Waals surface area contributed by atoms with Crippen LogP contribution >= 0.6 is 11.6 Å². The van der Waals surface area contributed by atoms with E-state index in [-0.39, 0.29) is 18.6 Å². The summed E-state index contributed by atoms with van der Waals surface area (Å²) < 4.78 is 5.32. The molecule has 1 aromatic rings. The first-order valence-electron chi connectivity index (χ1n) is 5.75. The predicted molar refractivity (Wildman–Crippen MR) is 70.5 cm³/mol. The van der Waals surface area contributed by atoms with Crippen molar-refractivity contribution < 1.29 is 9.84 Å². The maximum absolute atomic E-state index is 9.29. The Labute approximate surface area is 108 Å². The van der Waals surface area contributed by atoms with Crippen molar-refractivity contribution in [3.63, 3.8) is 0 Å². The van der Waals surface area contributed by atoms with Gasteiger partial charge in [0.25, 0.3) is 0 Å². The zero-order valence-corrected chi connectivity index (χ0v) is 11.3. The highest BCUT2D eigenvalue weighted by Crippen LogP contribution is 2.33. The fraction of sp³-hybridized carbons (Fsp3) is 0.538. The van der Waals surface area contributed by atoms with Crippen molar-refractivity contribution in [1.29, 1.82) is 0 Å². The van der Waals surface area contributed by atoms with Gasteiger partial charge in [0.2, 0.25) is 0 Å². The number of aliphatic hydroxyl groups is 1. The summed E-state index contributed by atoms with van der Waals surface area (Å²) in [7, 11) is 1.61. The second-order valence-corrected chi connectivity index (χ2v) is 4.63. The summed E-state index contributed by atoms with van der Waals surface area (Å²) in [6.07, 6.45) is 0.812. The van der Waals surface area contributed by atoms with Gasteiger partial charge in [0.15, 0.2) is 0 Å². The van der Waals surface area contributed by atoms with E-state index < -0.39 is 0 Å². The summed E-state index contributed by atoms with van der Waals surface area (Å²) in [5.41, 5.74) is 7.96. The Hall–Kier alpha value is -0.770. The van der Waals surface area contributed by atoms with Gasteiger partial charge in [0, 0.05) is 29.2 Å². The van der Waals surface area contributed by atoms with Gasteiger partial charge >= 0.3 is 0 Å². The van der Waals surface area contributed by atoms with Crippen molar-refractivity contribution in [3.8, 4) is 5.75 Å². The standard InChI is InChI=1S/C13H20ClNO2/c1-4-9(7-16)13(15)10-6-11(14)8(2)5-12(10)17-3/h5-6,9,13,16H,4,7,15H2,1-3H3. The van der Waals surface area contributed by atoms with E-state index in [0.717, 1.165) is 23.3 Å². The van der Waals surface area contributed by atoms with E-state index in [4.69, 9.17) is 22.1 Å². The largest absolute Gasteiger partial charge is 0.496 e. The average molecular weight is 258 g/mol. The molecule has 0 saturated heterocycles. The summed E-state index contributed by atoms with van der Waals surface area (Å²) in [5, 5.41) is 9.96. The first-order chi connectivity index (χ1) is 8.04. The number of benzene rings is 1. The van der Waals surface area contributed by atoms with Crippen LogP contribution in [0.15, 0.2) is 12.1 Å². The van der Waals surface area contributed by atoms with Gasteiger partial charge in [-0.1, -0.05) is 18.5 Å². The second kappa shape index (κ2) is 6.24. The Bertz CT molecular complexity index is 378. The van der Waals surface area contributed by atoms with E-state index in [2.05, 4.69) is 0 Å². The Morgan fingerprint density at radius 2 is 2.12 bits per heavy atom. The lowest BCUT2D eigenvalue weighted by Gasteiger charge is -2.23. The lowest BCUT2D eigenvalue weighted by atomic mass is 9.91. The van der Waals surface area contributed by atoms with E-state index in [9.17, 15) is 5.11 Å². The van der Waals surface area contributed by atoms with Crippen molar-refractivity contribution in [1.82, 2.24) is 0 Å². The highest BCUT2D eigenvalue weighted by molar-refractivity contribution is 6.31. The van der Waals surface area contributed by atoms with E-state index in [1.54, 1.807) is 7.11 Å². The van der Waals surface area contributed by atoms with E-state index in [1.165, 1.54) is 0 Å². The zero-order chi connectivity index (χ0) is 13.0.